The summed E-state index contributed by atoms with van der Waals surface area (Å²) in [5.41, 5.74) is 0.747. The van der Waals surface area contributed by atoms with E-state index in [1.54, 1.807) is 6.07 Å². The second kappa shape index (κ2) is 6.17. The fourth-order valence-corrected chi connectivity index (χ4v) is 2.76. The third kappa shape index (κ3) is 3.43. The second-order valence-electron chi connectivity index (χ2n) is 4.48. The van der Waals surface area contributed by atoms with E-state index in [1.807, 2.05) is 6.07 Å². The monoisotopic (exact) mass is 319 g/mol. The maximum atomic E-state index is 13.7. The first-order valence-corrected chi connectivity index (χ1v) is 7.27. The number of hydrogen-bond donors (Lipinski definition) is 0. The second-order valence-corrected chi connectivity index (χ2v) is 5.77. The Morgan fingerprint density at radius 2 is 2.18 bits per heavy atom. The lowest BCUT2D eigenvalue weighted by Crippen LogP contribution is -2.40. The Morgan fingerprint density at radius 1 is 1.41 bits per heavy atom. The Labute approximate surface area is 115 Å². The van der Waals surface area contributed by atoms with E-state index >= 15 is 0 Å². The van der Waals surface area contributed by atoms with E-state index in [1.165, 1.54) is 25.3 Å². The Morgan fingerprint density at radius 3 is 2.76 bits per heavy atom. The summed E-state index contributed by atoms with van der Waals surface area (Å²) in [6.07, 6.45) is 3.71. The third-order valence-electron chi connectivity index (χ3n) is 3.34. The van der Waals surface area contributed by atoms with Crippen LogP contribution in [0.3, 0.4) is 0 Å². The molecule has 1 aliphatic rings. The van der Waals surface area contributed by atoms with Gasteiger partial charge in [-0.15, -0.1) is 11.6 Å². The van der Waals surface area contributed by atoms with Crippen LogP contribution in [0.25, 0.3) is 0 Å². The minimum Gasteiger partial charge on any atom is -0.295 e. The van der Waals surface area contributed by atoms with Crippen LogP contribution in [0.4, 0.5) is 4.39 Å². The van der Waals surface area contributed by atoms with Gasteiger partial charge in [-0.3, -0.25) is 4.90 Å². The first kappa shape index (κ1) is 13.3. The zero-order chi connectivity index (χ0) is 12.3. The van der Waals surface area contributed by atoms with Gasteiger partial charge in [-0.2, -0.15) is 0 Å². The van der Waals surface area contributed by atoms with Gasteiger partial charge in [-0.1, -0.05) is 22.4 Å². The summed E-state index contributed by atoms with van der Waals surface area (Å²) >= 11 is 9.20. The Balaban J connectivity index is 2.07. The van der Waals surface area contributed by atoms with Crippen LogP contribution in [0.15, 0.2) is 22.7 Å². The molecule has 17 heavy (non-hydrogen) atoms. The normalized spacial score (nSPS) is 16.2. The van der Waals surface area contributed by atoms with Gasteiger partial charge in [0, 0.05) is 35.0 Å². The van der Waals surface area contributed by atoms with Crippen molar-refractivity contribution in [3.63, 3.8) is 0 Å². The SMILES string of the molecule is Fc1ccc(Br)cc1CN(CCCl)C1CCC1. The van der Waals surface area contributed by atoms with Crippen molar-refractivity contribution in [2.75, 3.05) is 12.4 Å². The van der Waals surface area contributed by atoms with Crippen molar-refractivity contribution in [1.82, 2.24) is 4.90 Å². The smallest absolute Gasteiger partial charge is 0.127 e. The maximum absolute atomic E-state index is 13.7. The standard InChI is InChI=1S/C13H16BrClFN/c14-11-4-5-13(16)10(8-11)9-17(7-6-15)12-2-1-3-12/h4-5,8,12H,1-3,6-7,9H2. The van der Waals surface area contributed by atoms with Crippen molar-refractivity contribution in [3.8, 4) is 0 Å². The maximum Gasteiger partial charge on any atom is 0.127 e. The molecule has 0 saturated heterocycles. The van der Waals surface area contributed by atoms with E-state index in [9.17, 15) is 4.39 Å². The molecule has 1 aromatic rings. The zero-order valence-corrected chi connectivity index (χ0v) is 12.0. The molecule has 0 aliphatic heterocycles. The number of hydrogen-bond acceptors (Lipinski definition) is 1. The summed E-state index contributed by atoms with van der Waals surface area (Å²) in [5, 5.41) is 0. The molecule has 0 unspecified atom stereocenters. The summed E-state index contributed by atoms with van der Waals surface area (Å²) < 4.78 is 14.6. The average Bonchev–Trinajstić information content (AvgIpc) is 2.21. The van der Waals surface area contributed by atoms with Crippen molar-refractivity contribution in [2.24, 2.45) is 0 Å². The van der Waals surface area contributed by atoms with Crippen molar-refractivity contribution < 1.29 is 4.39 Å². The van der Waals surface area contributed by atoms with E-state index in [4.69, 9.17) is 11.6 Å². The summed E-state index contributed by atoms with van der Waals surface area (Å²) in [6, 6.07) is 5.69. The quantitative estimate of drug-likeness (QED) is 0.736. The van der Waals surface area contributed by atoms with Crippen LogP contribution < -0.4 is 0 Å². The number of benzene rings is 1. The van der Waals surface area contributed by atoms with Crippen LogP contribution in [0.2, 0.25) is 0 Å². The molecular formula is C13H16BrClFN. The van der Waals surface area contributed by atoms with Gasteiger partial charge in [-0.05, 0) is 31.0 Å². The topological polar surface area (TPSA) is 3.24 Å². The van der Waals surface area contributed by atoms with Gasteiger partial charge in [0.1, 0.15) is 5.82 Å². The molecule has 0 atom stereocenters. The van der Waals surface area contributed by atoms with Crippen LogP contribution in [-0.4, -0.2) is 23.4 Å². The molecule has 2 rings (SSSR count). The zero-order valence-electron chi connectivity index (χ0n) is 9.63. The largest absolute Gasteiger partial charge is 0.295 e. The predicted octanol–water partition coefficient (Wildman–Crippen LogP) is 4.18. The van der Waals surface area contributed by atoms with Crippen molar-refractivity contribution in [2.45, 2.75) is 31.8 Å². The lowest BCUT2D eigenvalue weighted by Gasteiger charge is -2.37. The van der Waals surface area contributed by atoms with Crippen LogP contribution in [0.1, 0.15) is 24.8 Å². The highest BCUT2D eigenvalue weighted by Crippen LogP contribution is 2.27. The number of halogens is 3. The predicted molar refractivity (Wildman–Crippen MR) is 72.9 cm³/mol. The number of nitrogens with zero attached hydrogens (tertiary/aromatic N) is 1. The molecule has 1 nitrogen and oxygen atoms in total. The van der Waals surface area contributed by atoms with Gasteiger partial charge >= 0.3 is 0 Å². The van der Waals surface area contributed by atoms with Crippen LogP contribution >= 0.6 is 27.5 Å². The average molecular weight is 321 g/mol. The molecule has 0 bridgehead atoms. The third-order valence-corrected chi connectivity index (χ3v) is 4.01. The first-order chi connectivity index (χ1) is 8.20. The van der Waals surface area contributed by atoms with E-state index in [0.717, 1.165) is 16.6 Å². The Hall–Kier alpha value is -0.120. The van der Waals surface area contributed by atoms with E-state index in [-0.39, 0.29) is 5.82 Å². The van der Waals surface area contributed by atoms with Gasteiger partial charge in [0.2, 0.25) is 0 Å². The fraction of sp³-hybridized carbons (Fsp3) is 0.538. The van der Waals surface area contributed by atoms with Gasteiger partial charge in [-0.25, -0.2) is 4.39 Å². The Bertz CT molecular complexity index is 382. The minimum atomic E-state index is -0.132. The van der Waals surface area contributed by atoms with Gasteiger partial charge in [0.25, 0.3) is 0 Å². The molecular weight excluding hydrogens is 305 g/mol. The van der Waals surface area contributed by atoms with Crippen molar-refractivity contribution >= 4 is 27.5 Å². The lowest BCUT2D eigenvalue weighted by atomic mass is 9.91. The summed E-state index contributed by atoms with van der Waals surface area (Å²) in [4.78, 5) is 2.29. The molecule has 0 aromatic heterocycles. The Kier molecular flexibility index (Phi) is 4.83. The van der Waals surface area contributed by atoms with E-state index in [2.05, 4.69) is 20.8 Å². The lowest BCUT2D eigenvalue weighted by molar-refractivity contribution is 0.126. The van der Waals surface area contributed by atoms with E-state index in [0.29, 0.717) is 18.5 Å². The molecule has 0 radical (unpaired) electrons. The van der Waals surface area contributed by atoms with E-state index < -0.39 is 0 Å². The number of rotatable bonds is 5. The molecule has 0 amide bonds. The molecule has 94 valence electrons. The number of alkyl halides is 1. The fourth-order valence-electron chi connectivity index (χ4n) is 2.13. The van der Waals surface area contributed by atoms with Crippen LogP contribution in [0, 0.1) is 5.82 Å². The summed E-state index contributed by atoms with van der Waals surface area (Å²) in [7, 11) is 0. The van der Waals surface area contributed by atoms with Crippen molar-refractivity contribution in [3.05, 3.63) is 34.1 Å². The highest BCUT2D eigenvalue weighted by molar-refractivity contribution is 9.10. The molecule has 1 aliphatic carbocycles. The first-order valence-electron chi connectivity index (χ1n) is 5.94. The van der Waals surface area contributed by atoms with Gasteiger partial charge in [0.05, 0.1) is 0 Å². The minimum absolute atomic E-state index is 0.132. The molecule has 0 N–H and O–H groups in total. The molecule has 1 fully saturated rings. The molecule has 0 heterocycles. The summed E-state index contributed by atoms with van der Waals surface area (Å²) in [5.74, 6) is 0.471. The molecule has 1 saturated carbocycles. The molecule has 4 heteroatoms. The summed E-state index contributed by atoms with van der Waals surface area (Å²) in [6.45, 7) is 1.49. The van der Waals surface area contributed by atoms with Gasteiger partial charge < -0.3 is 0 Å². The van der Waals surface area contributed by atoms with Crippen molar-refractivity contribution in [1.29, 1.82) is 0 Å². The van der Waals surface area contributed by atoms with Gasteiger partial charge in [0.15, 0.2) is 0 Å². The highest BCUT2D eigenvalue weighted by atomic mass is 79.9. The molecule has 1 aromatic carbocycles. The molecule has 0 spiro atoms. The van der Waals surface area contributed by atoms with Crippen LogP contribution in [0.5, 0.6) is 0 Å². The highest BCUT2D eigenvalue weighted by Gasteiger charge is 2.25. The van der Waals surface area contributed by atoms with Crippen LogP contribution in [-0.2, 0) is 6.54 Å².